The van der Waals surface area contributed by atoms with E-state index in [-0.39, 0.29) is 5.92 Å². The standard InChI is InChI=1S/C27H35F2N3/c1-5-22(19-31-15-8-7-14-30-4)12-9-11-21(3)24-17-25(28)27(29)26(18-24)32-16-10-13-23(6-2)20-32/h5,7-9,12,14-15,17-19,21,23H,1,6,10-11,13,16,20H2,2-4H3/b8-7-,12-9?,22-19+,30-14?,31-15+. The fourth-order valence-corrected chi connectivity index (χ4v) is 3.80. The molecule has 3 nitrogen and oxygen atoms in total. The molecule has 1 fully saturated rings. The minimum Gasteiger partial charge on any atom is -0.369 e. The van der Waals surface area contributed by atoms with Gasteiger partial charge < -0.3 is 4.90 Å². The maximum atomic E-state index is 14.6. The molecule has 0 amide bonds. The molecule has 0 aromatic heterocycles. The minimum absolute atomic E-state index is 0.0534. The number of benzene rings is 1. The van der Waals surface area contributed by atoms with Crippen molar-refractivity contribution >= 4 is 18.1 Å². The van der Waals surface area contributed by atoms with E-state index >= 15 is 0 Å². The van der Waals surface area contributed by atoms with Crippen LogP contribution in [0.3, 0.4) is 0 Å². The number of anilines is 1. The summed E-state index contributed by atoms with van der Waals surface area (Å²) in [5.41, 5.74) is 2.08. The Morgan fingerprint density at radius 3 is 2.78 bits per heavy atom. The number of hydrogen-bond acceptors (Lipinski definition) is 3. The van der Waals surface area contributed by atoms with Crippen LogP contribution >= 0.6 is 0 Å². The number of halogens is 2. The SMILES string of the molecule is C=C\C(C=CCC(C)c1cc(F)c(F)c(N2CCCC(CC)C2)c1)=C/N=C/C=C\C=NC. The average molecular weight is 440 g/mol. The third kappa shape index (κ3) is 7.70. The number of allylic oxidation sites excluding steroid dienone is 6. The van der Waals surface area contributed by atoms with Crippen molar-refractivity contribution in [2.75, 3.05) is 25.0 Å². The Balaban J connectivity index is 2.08. The van der Waals surface area contributed by atoms with Crippen LogP contribution in [0.1, 0.15) is 51.0 Å². The summed E-state index contributed by atoms with van der Waals surface area (Å²) in [7, 11) is 1.71. The lowest BCUT2D eigenvalue weighted by Gasteiger charge is -2.34. The van der Waals surface area contributed by atoms with E-state index in [1.807, 2.05) is 30.0 Å². The highest BCUT2D eigenvalue weighted by Gasteiger charge is 2.23. The second-order valence-corrected chi connectivity index (χ2v) is 8.16. The van der Waals surface area contributed by atoms with Crippen LogP contribution in [-0.2, 0) is 0 Å². The first-order valence-electron chi connectivity index (χ1n) is 11.3. The molecule has 1 aromatic carbocycles. The molecule has 172 valence electrons. The molecular weight excluding hydrogens is 404 g/mol. The molecule has 1 aliphatic heterocycles. The molecule has 1 saturated heterocycles. The van der Waals surface area contributed by atoms with Crippen LogP contribution in [-0.4, -0.2) is 32.6 Å². The van der Waals surface area contributed by atoms with Gasteiger partial charge in [-0.2, -0.15) is 0 Å². The Bertz CT molecular complexity index is 896. The van der Waals surface area contributed by atoms with E-state index in [9.17, 15) is 8.78 Å². The Kier molecular flexibility index (Phi) is 10.8. The van der Waals surface area contributed by atoms with E-state index in [1.54, 1.807) is 43.9 Å². The zero-order valence-corrected chi connectivity index (χ0v) is 19.5. The normalized spacial score (nSPS) is 19.1. The van der Waals surface area contributed by atoms with Crippen molar-refractivity contribution in [2.45, 2.75) is 45.4 Å². The molecule has 0 saturated carbocycles. The van der Waals surface area contributed by atoms with Gasteiger partial charge in [-0.3, -0.25) is 9.98 Å². The second-order valence-electron chi connectivity index (χ2n) is 8.16. The molecule has 32 heavy (non-hydrogen) atoms. The van der Waals surface area contributed by atoms with Gasteiger partial charge in [0.2, 0.25) is 0 Å². The monoisotopic (exact) mass is 439 g/mol. The Morgan fingerprint density at radius 2 is 2.06 bits per heavy atom. The van der Waals surface area contributed by atoms with Crippen molar-refractivity contribution in [3.8, 4) is 0 Å². The average Bonchev–Trinajstić information content (AvgIpc) is 2.81. The molecular formula is C27H35F2N3. The molecule has 0 radical (unpaired) electrons. The Morgan fingerprint density at radius 1 is 1.28 bits per heavy atom. The molecule has 5 heteroatoms. The summed E-state index contributed by atoms with van der Waals surface area (Å²) in [6.45, 7) is 9.57. The third-order valence-electron chi connectivity index (χ3n) is 5.82. The van der Waals surface area contributed by atoms with E-state index < -0.39 is 11.6 Å². The van der Waals surface area contributed by atoms with Crippen LogP contribution in [0, 0.1) is 17.6 Å². The highest BCUT2D eigenvalue weighted by atomic mass is 19.2. The third-order valence-corrected chi connectivity index (χ3v) is 5.82. The maximum absolute atomic E-state index is 14.6. The van der Waals surface area contributed by atoms with Crippen LogP contribution in [0.2, 0.25) is 0 Å². The first kappa shape index (κ1) is 25.4. The maximum Gasteiger partial charge on any atom is 0.182 e. The largest absolute Gasteiger partial charge is 0.369 e. The van der Waals surface area contributed by atoms with E-state index in [0.717, 1.165) is 43.5 Å². The van der Waals surface area contributed by atoms with Gasteiger partial charge in [0.1, 0.15) is 0 Å². The lowest BCUT2D eigenvalue weighted by Crippen LogP contribution is -2.36. The number of aliphatic imine (C=N–C) groups is 2. The van der Waals surface area contributed by atoms with Crippen LogP contribution in [0.5, 0.6) is 0 Å². The second kappa shape index (κ2) is 13.6. The summed E-state index contributed by atoms with van der Waals surface area (Å²) in [4.78, 5) is 10.1. The number of rotatable bonds is 10. The molecule has 2 atom stereocenters. The smallest absolute Gasteiger partial charge is 0.182 e. The van der Waals surface area contributed by atoms with Crippen molar-refractivity contribution in [3.05, 3.63) is 78.1 Å². The summed E-state index contributed by atoms with van der Waals surface area (Å²) in [5, 5.41) is 0. The van der Waals surface area contributed by atoms with Crippen molar-refractivity contribution in [2.24, 2.45) is 15.9 Å². The Labute approximate surface area is 191 Å². The molecule has 0 spiro atoms. The minimum atomic E-state index is -0.769. The van der Waals surface area contributed by atoms with Gasteiger partial charge in [0, 0.05) is 38.8 Å². The summed E-state index contributed by atoms with van der Waals surface area (Å²) in [5.74, 6) is -0.911. The van der Waals surface area contributed by atoms with Crippen LogP contribution in [0.25, 0.3) is 0 Å². The van der Waals surface area contributed by atoms with Gasteiger partial charge in [0.25, 0.3) is 0 Å². The van der Waals surface area contributed by atoms with Gasteiger partial charge in [-0.15, -0.1) is 0 Å². The number of nitrogens with zero attached hydrogens (tertiary/aromatic N) is 3. The van der Waals surface area contributed by atoms with E-state index in [1.165, 1.54) is 6.07 Å². The Hall–Kier alpha value is -2.82. The summed E-state index contributed by atoms with van der Waals surface area (Å²) in [6.07, 6.45) is 18.3. The quantitative estimate of drug-likeness (QED) is 0.284. The summed E-state index contributed by atoms with van der Waals surface area (Å²) in [6, 6.07) is 3.16. The molecule has 1 aromatic rings. The fourth-order valence-electron chi connectivity index (χ4n) is 3.80. The molecule has 2 unspecified atom stereocenters. The summed E-state index contributed by atoms with van der Waals surface area (Å²) < 4.78 is 29.0. The molecule has 0 aliphatic carbocycles. The molecule has 0 N–H and O–H groups in total. The topological polar surface area (TPSA) is 28.0 Å². The first-order valence-corrected chi connectivity index (χ1v) is 11.3. The highest BCUT2D eigenvalue weighted by molar-refractivity contribution is 5.81. The van der Waals surface area contributed by atoms with E-state index in [4.69, 9.17) is 0 Å². The van der Waals surface area contributed by atoms with E-state index in [2.05, 4.69) is 23.5 Å². The first-order chi connectivity index (χ1) is 15.5. The zero-order valence-electron chi connectivity index (χ0n) is 19.5. The van der Waals surface area contributed by atoms with Gasteiger partial charge in [0.05, 0.1) is 5.69 Å². The van der Waals surface area contributed by atoms with Crippen LogP contribution < -0.4 is 4.90 Å². The fraction of sp³-hybridized carbons (Fsp3) is 0.407. The van der Waals surface area contributed by atoms with Crippen LogP contribution in [0.15, 0.2) is 70.8 Å². The predicted octanol–water partition coefficient (Wildman–Crippen LogP) is 7.04. The van der Waals surface area contributed by atoms with Gasteiger partial charge >= 0.3 is 0 Å². The highest BCUT2D eigenvalue weighted by Crippen LogP contribution is 2.32. The number of hydrogen-bond donors (Lipinski definition) is 0. The zero-order chi connectivity index (χ0) is 23.3. The lowest BCUT2D eigenvalue weighted by atomic mass is 9.93. The summed E-state index contributed by atoms with van der Waals surface area (Å²) >= 11 is 0. The molecule has 0 bridgehead atoms. The van der Waals surface area contributed by atoms with Gasteiger partial charge in [-0.1, -0.05) is 45.1 Å². The van der Waals surface area contributed by atoms with E-state index in [0.29, 0.717) is 18.0 Å². The van der Waals surface area contributed by atoms with Crippen molar-refractivity contribution in [3.63, 3.8) is 0 Å². The number of piperidine rings is 1. The molecule has 1 heterocycles. The van der Waals surface area contributed by atoms with Crippen molar-refractivity contribution < 1.29 is 8.78 Å². The lowest BCUT2D eigenvalue weighted by molar-refractivity contribution is 0.399. The molecule has 2 rings (SSSR count). The van der Waals surface area contributed by atoms with Crippen molar-refractivity contribution in [1.82, 2.24) is 0 Å². The van der Waals surface area contributed by atoms with Crippen molar-refractivity contribution in [1.29, 1.82) is 0 Å². The predicted molar refractivity (Wildman–Crippen MR) is 134 cm³/mol. The molecule has 1 aliphatic rings. The van der Waals surface area contributed by atoms with Gasteiger partial charge in [-0.25, -0.2) is 8.78 Å². The van der Waals surface area contributed by atoms with Gasteiger partial charge in [-0.05, 0) is 66.5 Å². The van der Waals surface area contributed by atoms with Crippen LogP contribution in [0.4, 0.5) is 14.5 Å². The van der Waals surface area contributed by atoms with Gasteiger partial charge in [0.15, 0.2) is 11.6 Å².